The minimum atomic E-state index is -0.699. The first-order valence-corrected chi connectivity index (χ1v) is 9.46. The van der Waals surface area contributed by atoms with E-state index in [0.717, 1.165) is 18.7 Å². The molecule has 6 heteroatoms. The Labute approximate surface area is 145 Å². The number of nitriles is 1. The quantitative estimate of drug-likeness (QED) is 0.822. The molecule has 1 aromatic carbocycles. The predicted molar refractivity (Wildman–Crippen MR) is 96.7 cm³/mol. The number of carbonyl (C=O) groups excluding carboxylic acids is 1. The summed E-state index contributed by atoms with van der Waals surface area (Å²) in [6.07, 6.45) is 3.19. The topological polar surface area (TPSA) is 73.2 Å². The SMILES string of the molecule is CC(C)(CNC(=O)/C=C/c1cccc(C#N)c1)N1CCS(=O)CC1. The van der Waals surface area contributed by atoms with E-state index < -0.39 is 10.8 Å². The third kappa shape index (κ3) is 5.29. The number of rotatable bonds is 5. The molecule has 1 aliphatic heterocycles. The van der Waals surface area contributed by atoms with Gasteiger partial charge in [0.05, 0.1) is 11.6 Å². The van der Waals surface area contributed by atoms with Crippen LogP contribution >= 0.6 is 0 Å². The van der Waals surface area contributed by atoms with Gasteiger partial charge in [-0.3, -0.25) is 13.9 Å². The standard InChI is InChI=1S/C18H23N3O2S/c1-18(2,21-8-10-24(23)11-9-21)14-20-17(22)7-6-15-4-3-5-16(12-15)13-19/h3-7,12H,8-11,14H2,1-2H3,(H,20,22)/b7-6+. The summed E-state index contributed by atoms with van der Waals surface area (Å²) in [6.45, 7) is 6.29. The lowest BCUT2D eigenvalue weighted by Crippen LogP contribution is -2.55. The molecule has 0 aliphatic carbocycles. The van der Waals surface area contributed by atoms with Crippen molar-refractivity contribution < 1.29 is 9.00 Å². The molecule has 1 aromatic rings. The zero-order chi connectivity index (χ0) is 17.6. The average Bonchev–Trinajstić information content (AvgIpc) is 2.59. The summed E-state index contributed by atoms with van der Waals surface area (Å²) in [5.74, 6) is 1.24. The Hall–Kier alpha value is -1.97. The average molecular weight is 345 g/mol. The van der Waals surface area contributed by atoms with E-state index in [4.69, 9.17) is 5.26 Å². The molecular weight excluding hydrogens is 322 g/mol. The van der Waals surface area contributed by atoms with Crippen molar-refractivity contribution in [3.05, 3.63) is 41.5 Å². The molecule has 2 rings (SSSR count). The molecule has 0 saturated carbocycles. The van der Waals surface area contributed by atoms with Gasteiger partial charge < -0.3 is 5.32 Å². The molecular formula is C18H23N3O2S. The fourth-order valence-electron chi connectivity index (χ4n) is 2.60. The Morgan fingerprint density at radius 3 is 2.79 bits per heavy atom. The molecule has 0 radical (unpaired) electrons. The number of nitrogens with one attached hydrogen (secondary N) is 1. The van der Waals surface area contributed by atoms with Gasteiger partial charge in [0, 0.05) is 53.6 Å². The lowest BCUT2D eigenvalue weighted by atomic mass is 10.0. The van der Waals surface area contributed by atoms with E-state index in [0.29, 0.717) is 23.6 Å². The normalized spacial score (nSPS) is 16.9. The van der Waals surface area contributed by atoms with Gasteiger partial charge in [-0.2, -0.15) is 5.26 Å². The lowest BCUT2D eigenvalue weighted by molar-refractivity contribution is -0.117. The van der Waals surface area contributed by atoms with Gasteiger partial charge >= 0.3 is 0 Å². The van der Waals surface area contributed by atoms with E-state index in [1.165, 1.54) is 6.08 Å². The van der Waals surface area contributed by atoms with Gasteiger partial charge in [-0.25, -0.2) is 0 Å². The smallest absolute Gasteiger partial charge is 0.244 e. The third-order valence-electron chi connectivity index (χ3n) is 4.17. The van der Waals surface area contributed by atoms with Crippen molar-refractivity contribution in [2.75, 3.05) is 31.1 Å². The van der Waals surface area contributed by atoms with Crippen molar-refractivity contribution >= 4 is 22.8 Å². The zero-order valence-electron chi connectivity index (χ0n) is 14.1. The second kappa shape index (κ2) is 8.22. The molecule has 128 valence electrons. The van der Waals surface area contributed by atoms with Gasteiger partial charge in [0.15, 0.2) is 0 Å². The van der Waals surface area contributed by atoms with Gasteiger partial charge in [-0.1, -0.05) is 12.1 Å². The van der Waals surface area contributed by atoms with Crippen LogP contribution in [0.15, 0.2) is 30.3 Å². The summed E-state index contributed by atoms with van der Waals surface area (Å²) in [4.78, 5) is 14.3. The predicted octanol–water partition coefficient (Wildman–Crippen LogP) is 1.53. The van der Waals surface area contributed by atoms with Gasteiger partial charge in [0.1, 0.15) is 0 Å². The van der Waals surface area contributed by atoms with Crippen LogP contribution in [0.25, 0.3) is 6.08 Å². The molecule has 1 fully saturated rings. The zero-order valence-corrected chi connectivity index (χ0v) is 14.9. The Bertz CT molecular complexity index is 682. The minimum Gasteiger partial charge on any atom is -0.351 e. The summed E-state index contributed by atoms with van der Waals surface area (Å²) in [5.41, 5.74) is 1.22. The van der Waals surface area contributed by atoms with E-state index >= 15 is 0 Å². The molecule has 0 bridgehead atoms. The van der Waals surface area contributed by atoms with E-state index in [9.17, 15) is 9.00 Å². The Morgan fingerprint density at radius 1 is 1.42 bits per heavy atom. The summed E-state index contributed by atoms with van der Waals surface area (Å²) in [5, 5.41) is 11.8. The van der Waals surface area contributed by atoms with Crippen LogP contribution in [0.5, 0.6) is 0 Å². The highest BCUT2D eigenvalue weighted by molar-refractivity contribution is 7.85. The van der Waals surface area contributed by atoms with Crippen LogP contribution in [0, 0.1) is 11.3 Å². The second-order valence-electron chi connectivity index (χ2n) is 6.44. The van der Waals surface area contributed by atoms with Crippen LogP contribution in [-0.2, 0) is 15.6 Å². The van der Waals surface area contributed by atoms with E-state index in [1.54, 1.807) is 24.3 Å². The van der Waals surface area contributed by atoms with Gasteiger partial charge in [0.25, 0.3) is 0 Å². The second-order valence-corrected chi connectivity index (χ2v) is 8.13. The Morgan fingerprint density at radius 2 is 2.12 bits per heavy atom. The largest absolute Gasteiger partial charge is 0.351 e. The van der Waals surface area contributed by atoms with Crippen LogP contribution in [0.2, 0.25) is 0 Å². The van der Waals surface area contributed by atoms with Crippen molar-refractivity contribution in [1.82, 2.24) is 10.2 Å². The van der Waals surface area contributed by atoms with Gasteiger partial charge in [0.2, 0.25) is 5.91 Å². The summed E-state index contributed by atoms with van der Waals surface area (Å²) >= 11 is 0. The molecule has 5 nitrogen and oxygen atoms in total. The van der Waals surface area contributed by atoms with Crippen LogP contribution in [0.1, 0.15) is 25.0 Å². The van der Waals surface area contributed by atoms with Crippen molar-refractivity contribution in [3.8, 4) is 6.07 Å². The van der Waals surface area contributed by atoms with Crippen molar-refractivity contribution in [2.24, 2.45) is 0 Å². The molecule has 24 heavy (non-hydrogen) atoms. The lowest BCUT2D eigenvalue weighted by Gasteiger charge is -2.40. The molecule has 0 aromatic heterocycles. The van der Waals surface area contributed by atoms with Crippen LogP contribution in [0.3, 0.4) is 0 Å². The van der Waals surface area contributed by atoms with Crippen LogP contribution < -0.4 is 5.32 Å². The highest BCUT2D eigenvalue weighted by atomic mass is 32.2. The van der Waals surface area contributed by atoms with Gasteiger partial charge in [-0.05, 0) is 37.6 Å². The Kier molecular flexibility index (Phi) is 6.29. The fraction of sp³-hybridized carbons (Fsp3) is 0.444. The summed E-state index contributed by atoms with van der Waals surface area (Å²) in [6, 6.07) is 9.18. The van der Waals surface area contributed by atoms with Crippen molar-refractivity contribution in [2.45, 2.75) is 19.4 Å². The molecule has 0 spiro atoms. The third-order valence-corrected chi connectivity index (χ3v) is 5.45. The molecule has 1 saturated heterocycles. The fourth-order valence-corrected chi connectivity index (χ4v) is 3.65. The number of benzene rings is 1. The number of nitrogens with zero attached hydrogens (tertiary/aromatic N) is 2. The summed E-state index contributed by atoms with van der Waals surface area (Å²) in [7, 11) is -0.699. The maximum Gasteiger partial charge on any atom is 0.244 e. The maximum atomic E-state index is 12.0. The highest BCUT2D eigenvalue weighted by Gasteiger charge is 2.29. The molecule has 1 aliphatic rings. The molecule has 0 unspecified atom stereocenters. The Balaban J connectivity index is 1.86. The summed E-state index contributed by atoms with van der Waals surface area (Å²) < 4.78 is 11.5. The van der Waals surface area contributed by atoms with E-state index in [-0.39, 0.29) is 11.4 Å². The molecule has 1 amide bonds. The van der Waals surface area contributed by atoms with Crippen molar-refractivity contribution in [1.29, 1.82) is 5.26 Å². The van der Waals surface area contributed by atoms with Crippen LogP contribution in [-0.4, -0.2) is 51.7 Å². The first-order valence-electron chi connectivity index (χ1n) is 7.97. The number of hydrogen-bond donors (Lipinski definition) is 1. The molecule has 1 N–H and O–H groups in total. The maximum absolute atomic E-state index is 12.0. The van der Waals surface area contributed by atoms with Crippen LogP contribution in [0.4, 0.5) is 0 Å². The minimum absolute atomic E-state index is 0.161. The monoisotopic (exact) mass is 345 g/mol. The van der Waals surface area contributed by atoms with E-state index in [1.807, 2.05) is 6.07 Å². The number of hydrogen-bond acceptors (Lipinski definition) is 4. The van der Waals surface area contributed by atoms with E-state index in [2.05, 4.69) is 30.1 Å². The van der Waals surface area contributed by atoms with Crippen molar-refractivity contribution in [3.63, 3.8) is 0 Å². The number of amides is 1. The molecule has 1 heterocycles. The number of carbonyl (C=O) groups is 1. The first-order chi connectivity index (χ1) is 11.4. The highest BCUT2D eigenvalue weighted by Crippen LogP contribution is 2.16. The van der Waals surface area contributed by atoms with Gasteiger partial charge in [-0.15, -0.1) is 0 Å². The molecule has 0 atom stereocenters. The first kappa shape index (κ1) is 18.4.